The minimum atomic E-state index is -0.773. The van der Waals surface area contributed by atoms with E-state index in [1.54, 1.807) is 6.92 Å². The summed E-state index contributed by atoms with van der Waals surface area (Å²) in [6.45, 7) is 1.73. The molecule has 0 aliphatic carbocycles. The number of nitrogens with two attached hydrogens (primary N) is 2. The molecular weight excluding hydrogens is 148 g/mol. The van der Waals surface area contributed by atoms with Crippen LogP contribution in [-0.2, 0) is 21.9 Å². The topological polar surface area (TPSA) is 69.1 Å². The van der Waals surface area contributed by atoms with Crippen molar-refractivity contribution in [3.8, 4) is 0 Å². The van der Waals surface area contributed by atoms with Crippen molar-refractivity contribution < 1.29 is 21.9 Å². The van der Waals surface area contributed by atoms with Crippen LogP contribution < -0.4 is 11.5 Å². The molecule has 3 nitrogen and oxygen atoms in total. The van der Waals surface area contributed by atoms with Crippen molar-refractivity contribution in [2.45, 2.75) is 19.5 Å². The molecule has 0 bridgehead atoms. The molecular formula is C4H10FeN2O+3. The van der Waals surface area contributed by atoms with Gasteiger partial charge in [-0.15, -0.1) is 0 Å². The van der Waals surface area contributed by atoms with Gasteiger partial charge >= 0.3 is 17.1 Å². The van der Waals surface area contributed by atoms with Crippen molar-refractivity contribution in [3.63, 3.8) is 0 Å². The summed E-state index contributed by atoms with van der Waals surface area (Å²) in [5.74, 6) is -0.0972. The predicted molar refractivity (Wildman–Crippen MR) is 27.5 cm³/mol. The standard InChI is InChI=1S/C4H10N2O.Fe/c1-2-3(7)4(5)6;/h4H,2,5-6H2,1H3;/q;+3. The summed E-state index contributed by atoms with van der Waals surface area (Å²) >= 11 is 0. The fourth-order valence-corrected chi connectivity index (χ4v) is 0.236. The van der Waals surface area contributed by atoms with Crippen LogP contribution in [-0.4, -0.2) is 11.9 Å². The van der Waals surface area contributed by atoms with E-state index in [4.69, 9.17) is 11.5 Å². The van der Waals surface area contributed by atoms with Crippen LogP contribution in [0.2, 0.25) is 0 Å². The molecule has 0 spiro atoms. The molecule has 0 aromatic heterocycles. The third-order valence-corrected chi connectivity index (χ3v) is 0.720. The van der Waals surface area contributed by atoms with Crippen LogP contribution in [0.15, 0.2) is 0 Å². The van der Waals surface area contributed by atoms with Crippen LogP contribution in [0.25, 0.3) is 0 Å². The first-order chi connectivity index (χ1) is 3.18. The van der Waals surface area contributed by atoms with Crippen molar-refractivity contribution in [3.05, 3.63) is 0 Å². The second kappa shape index (κ2) is 5.25. The molecule has 0 aromatic carbocycles. The van der Waals surface area contributed by atoms with Crippen molar-refractivity contribution in [2.75, 3.05) is 0 Å². The fraction of sp³-hybridized carbons (Fsp3) is 0.750. The Kier molecular flexibility index (Phi) is 7.21. The Labute approximate surface area is 59.3 Å². The first-order valence-electron chi connectivity index (χ1n) is 2.22. The van der Waals surface area contributed by atoms with Gasteiger partial charge < -0.3 is 11.5 Å². The summed E-state index contributed by atoms with van der Waals surface area (Å²) in [4.78, 5) is 10.3. The maximum absolute atomic E-state index is 10.3. The molecule has 0 saturated heterocycles. The largest absolute Gasteiger partial charge is 3.00 e. The summed E-state index contributed by atoms with van der Waals surface area (Å²) in [5.41, 5.74) is 9.95. The van der Waals surface area contributed by atoms with Gasteiger partial charge in [-0.05, 0) is 0 Å². The smallest absolute Gasteiger partial charge is 0.310 e. The van der Waals surface area contributed by atoms with Gasteiger partial charge in [-0.3, -0.25) is 4.79 Å². The molecule has 4 heteroatoms. The zero-order valence-corrected chi connectivity index (χ0v) is 5.81. The van der Waals surface area contributed by atoms with Gasteiger partial charge in [0.05, 0.1) is 0 Å². The molecule has 0 fully saturated rings. The number of hydrogen-bond donors (Lipinski definition) is 2. The van der Waals surface area contributed by atoms with Gasteiger partial charge in [-0.2, -0.15) is 0 Å². The third kappa shape index (κ3) is 4.27. The molecule has 0 unspecified atom stereocenters. The summed E-state index contributed by atoms with van der Waals surface area (Å²) in [5, 5.41) is 0. The van der Waals surface area contributed by atoms with Gasteiger partial charge in [-0.25, -0.2) is 0 Å². The van der Waals surface area contributed by atoms with Gasteiger partial charge in [0.25, 0.3) is 0 Å². The number of carbonyl (C=O) groups excluding carboxylic acids is 1. The molecule has 8 heavy (non-hydrogen) atoms. The Bertz CT molecular complexity index is 74.4. The quantitative estimate of drug-likeness (QED) is 0.408. The second-order valence-electron chi connectivity index (χ2n) is 1.35. The average molecular weight is 158 g/mol. The van der Waals surface area contributed by atoms with Gasteiger partial charge in [-0.1, -0.05) is 6.92 Å². The van der Waals surface area contributed by atoms with E-state index in [-0.39, 0.29) is 22.9 Å². The normalized spacial score (nSPS) is 8.50. The van der Waals surface area contributed by atoms with Crippen molar-refractivity contribution >= 4 is 5.78 Å². The van der Waals surface area contributed by atoms with Crippen LogP contribution in [0.3, 0.4) is 0 Å². The summed E-state index contributed by atoms with van der Waals surface area (Å²) in [6.07, 6.45) is -0.345. The fourth-order valence-electron chi connectivity index (χ4n) is 0.236. The SMILES string of the molecule is CCC(=O)C(N)N.[Fe+3]. The molecule has 0 aliphatic rings. The maximum Gasteiger partial charge on any atom is 3.00 e. The number of rotatable bonds is 2. The van der Waals surface area contributed by atoms with Gasteiger partial charge in [0.15, 0.2) is 5.78 Å². The van der Waals surface area contributed by atoms with Crippen molar-refractivity contribution in [1.29, 1.82) is 0 Å². The molecule has 0 atom stereocenters. The van der Waals surface area contributed by atoms with Crippen LogP contribution in [0.4, 0.5) is 0 Å². The minimum Gasteiger partial charge on any atom is -0.310 e. The van der Waals surface area contributed by atoms with E-state index in [0.29, 0.717) is 6.42 Å². The monoisotopic (exact) mass is 158 g/mol. The van der Waals surface area contributed by atoms with Crippen LogP contribution in [0, 0.1) is 0 Å². The molecule has 0 amide bonds. The van der Waals surface area contributed by atoms with Crippen molar-refractivity contribution in [2.24, 2.45) is 11.5 Å². The molecule has 4 N–H and O–H groups in total. The van der Waals surface area contributed by atoms with E-state index in [2.05, 4.69) is 0 Å². The van der Waals surface area contributed by atoms with E-state index < -0.39 is 6.17 Å². The van der Waals surface area contributed by atoms with E-state index in [9.17, 15) is 4.79 Å². The molecule has 0 saturated carbocycles. The number of hydrogen-bond acceptors (Lipinski definition) is 3. The van der Waals surface area contributed by atoms with E-state index >= 15 is 0 Å². The first-order valence-corrected chi connectivity index (χ1v) is 2.22. The molecule has 0 aliphatic heterocycles. The Hall–Kier alpha value is 0.109. The number of Topliss-reactive ketones (excluding diaryl/α,β-unsaturated/α-hetero) is 1. The average Bonchev–Trinajstić information content (AvgIpc) is 1.65. The zero-order valence-electron chi connectivity index (χ0n) is 4.70. The Morgan fingerprint density at radius 3 is 2.00 bits per heavy atom. The van der Waals surface area contributed by atoms with Crippen LogP contribution in [0.5, 0.6) is 0 Å². The van der Waals surface area contributed by atoms with Crippen molar-refractivity contribution in [1.82, 2.24) is 0 Å². The second-order valence-corrected chi connectivity index (χ2v) is 1.35. The molecule has 47 valence electrons. The first kappa shape index (κ1) is 11.0. The Morgan fingerprint density at radius 1 is 1.62 bits per heavy atom. The molecule has 0 rings (SSSR count). The minimum absolute atomic E-state index is 0. The van der Waals surface area contributed by atoms with E-state index in [1.807, 2.05) is 0 Å². The molecule has 0 heterocycles. The van der Waals surface area contributed by atoms with Gasteiger partial charge in [0.2, 0.25) is 0 Å². The summed E-state index contributed by atoms with van der Waals surface area (Å²) in [7, 11) is 0. The van der Waals surface area contributed by atoms with Crippen LogP contribution >= 0.6 is 0 Å². The summed E-state index contributed by atoms with van der Waals surface area (Å²) in [6, 6.07) is 0. The third-order valence-electron chi connectivity index (χ3n) is 0.720. The van der Waals surface area contributed by atoms with Gasteiger partial charge in [0.1, 0.15) is 6.17 Å². The molecule has 1 radical (unpaired) electrons. The van der Waals surface area contributed by atoms with Gasteiger partial charge in [0, 0.05) is 6.42 Å². The van der Waals surface area contributed by atoms with E-state index in [1.165, 1.54) is 0 Å². The summed E-state index contributed by atoms with van der Waals surface area (Å²) < 4.78 is 0. The Morgan fingerprint density at radius 2 is 2.00 bits per heavy atom. The van der Waals surface area contributed by atoms with Crippen LogP contribution in [0.1, 0.15) is 13.3 Å². The maximum atomic E-state index is 10.3. The number of ketones is 1. The Balaban J connectivity index is 0. The predicted octanol–water partition coefficient (Wildman–Crippen LogP) is -0.793. The zero-order chi connectivity index (χ0) is 5.86. The van der Waals surface area contributed by atoms with E-state index in [0.717, 1.165) is 0 Å². The molecule has 0 aromatic rings. The number of carbonyl (C=O) groups is 1.